The molecule has 0 spiro atoms. The Hall–Kier alpha value is -0.900. The van der Waals surface area contributed by atoms with Gasteiger partial charge in [-0.2, -0.15) is 4.31 Å². The molecule has 0 bridgehead atoms. The van der Waals surface area contributed by atoms with E-state index >= 15 is 0 Å². The summed E-state index contributed by atoms with van der Waals surface area (Å²) in [6.45, 7) is 2.35. The van der Waals surface area contributed by atoms with Crippen LogP contribution < -0.4 is 5.32 Å². The number of hydrogen-bond donors (Lipinski definition) is 1. The van der Waals surface area contributed by atoms with Gasteiger partial charge >= 0.3 is 0 Å². The molecule has 1 heterocycles. The lowest BCUT2D eigenvalue weighted by molar-refractivity contribution is 0.264. The quantitative estimate of drug-likeness (QED) is 0.581. The van der Waals surface area contributed by atoms with Crippen molar-refractivity contribution in [3.8, 4) is 0 Å². The molecule has 1 fully saturated rings. The van der Waals surface area contributed by atoms with Crippen molar-refractivity contribution >= 4 is 66.5 Å². The van der Waals surface area contributed by atoms with Crippen LogP contribution in [0.4, 0.5) is 0 Å². The molecule has 1 aliphatic rings. The Balaban J connectivity index is 1.56. The minimum atomic E-state index is -3.78. The molecule has 0 unspecified atom stereocenters. The van der Waals surface area contributed by atoms with Crippen molar-refractivity contribution in [1.82, 2.24) is 14.5 Å². The molecule has 0 atom stereocenters. The molecular weight excluding hydrogens is 517 g/mol. The molecule has 1 N–H and O–H groups in total. The first-order valence-corrected chi connectivity index (χ1v) is 12.4. The first kappa shape index (κ1) is 22.8. The largest absolute Gasteiger partial charge is 0.362 e. The average Bonchev–Trinajstić information content (AvgIpc) is 2.68. The van der Waals surface area contributed by atoms with Crippen LogP contribution in [0.3, 0.4) is 0 Å². The fourth-order valence-corrected chi connectivity index (χ4v) is 6.70. The van der Waals surface area contributed by atoms with E-state index in [9.17, 15) is 8.42 Å². The Bertz CT molecular complexity index is 959. The molecular formula is C19H20BrCl2N3O2S2. The molecule has 29 heavy (non-hydrogen) atoms. The Kier molecular flexibility index (Phi) is 7.81. The number of benzene rings is 2. The second-order valence-electron chi connectivity index (χ2n) is 6.56. The summed E-state index contributed by atoms with van der Waals surface area (Å²) >= 11 is 21.1. The number of piperazine rings is 1. The summed E-state index contributed by atoms with van der Waals surface area (Å²) in [7, 11) is -3.78. The molecule has 0 radical (unpaired) electrons. The molecule has 2 aromatic rings. The normalized spacial score (nSPS) is 15.3. The van der Waals surface area contributed by atoms with E-state index in [1.165, 1.54) is 22.0 Å². The van der Waals surface area contributed by atoms with E-state index in [0.717, 1.165) is 13.0 Å². The van der Waals surface area contributed by atoms with Gasteiger partial charge in [-0.1, -0.05) is 69.5 Å². The molecule has 0 aromatic heterocycles. The van der Waals surface area contributed by atoms with Crippen LogP contribution in [0.1, 0.15) is 5.56 Å². The lowest BCUT2D eigenvalue weighted by Crippen LogP contribution is -2.53. The first-order valence-electron chi connectivity index (χ1n) is 9.00. The average molecular weight is 537 g/mol. The van der Waals surface area contributed by atoms with E-state index in [-0.39, 0.29) is 14.9 Å². The molecule has 156 valence electrons. The molecule has 0 saturated carbocycles. The van der Waals surface area contributed by atoms with Gasteiger partial charge in [-0.25, -0.2) is 8.42 Å². The number of halogens is 3. The second kappa shape index (κ2) is 9.94. The van der Waals surface area contributed by atoms with Crippen LogP contribution in [-0.4, -0.2) is 55.5 Å². The molecule has 1 aliphatic heterocycles. The van der Waals surface area contributed by atoms with E-state index in [1.807, 2.05) is 23.1 Å². The predicted octanol–water partition coefficient (Wildman–Crippen LogP) is 4.18. The highest BCUT2D eigenvalue weighted by Crippen LogP contribution is 2.35. The van der Waals surface area contributed by atoms with E-state index in [4.69, 9.17) is 35.4 Å². The maximum Gasteiger partial charge on any atom is 0.246 e. The van der Waals surface area contributed by atoms with Crippen molar-refractivity contribution in [3.05, 3.63) is 62.5 Å². The van der Waals surface area contributed by atoms with Crippen molar-refractivity contribution in [1.29, 1.82) is 0 Å². The third-order valence-electron chi connectivity index (χ3n) is 4.62. The van der Waals surface area contributed by atoms with Crippen molar-refractivity contribution in [2.75, 3.05) is 32.7 Å². The number of sulfonamides is 1. The van der Waals surface area contributed by atoms with Gasteiger partial charge in [-0.15, -0.1) is 0 Å². The number of hydrogen-bond acceptors (Lipinski definition) is 3. The lowest BCUT2D eigenvalue weighted by Gasteiger charge is -2.35. The fourth-order valence-electron chi connectivity index (χ4n) is 3.11. The van der Waals surface area contributed by atoms with Gasteiger partial charge in [0.2, 0.25) is 10.0 Å². The van der Waals surface area contributed by atoms with E-state index in [0.29, 0.717) is 35.8 Å². The highest BCUT2D eigenvalue weighted by molar-refractivity contribution is 9.10. The minimum Gasteiger partial charge on any atom is -0.362 e. The molecule has 1 saturated heterocycles. The van der Waals surface area contributed by atoms with Gasteiger partial charge in [0.05, 0.1) is 10.0 Å². The van der Waals surface area contributed by atoms with Gasteiger partial charge < -0.3 is 10.2 Å². The Labute approximate surface area is 195 Å². The number of rotatable bonds is 5. The highest BCUT2D eigenvalue weighted by Gasteiger charge is 2.32. The smallest absolute Gasteiger partial charge is 0.246 e. The number of nitrogens with one attached hydrogen (secondary N) is 1. The summed E-state index contributed by atoms with van der Waals surface area (Å²) in [5.41, 5.74) is 1.24. The SMILES string of the molecule is O=S(=O)(c1c(Cl)cc(Br)cc1Cl)N1CCN(C(=S)NCCc2ccccc2)CC1. The van der Waals surface area contributed by atoms with Crippen molar-refractivity contribution in [3.63, 3.8) is 0 Å². The van der Waals surface area contributed by atoms with Crippen molar-refractivity contribution in [2.24, 2.45) is 0 Å². The van der Waals surface area contributed by atoms with Crippen LogP contribution in [0, 0.1) is 0 Å². The molecule has 10 heteroatoms. The van der Waals surface area contributed by atoms with Crippen LogP contribution in [0.5, 0.6) is 0 Å². The fraction of sp³-hybridized carbons (Fsp3) is 0.316. The maximum atomic E-state index is 13.0. The van der Waals surface area contributed by atoms with Crippen LogP contribution in [0.15, 0.2) is 51.8 Å². The van der Waals surface area contributed by atoms with Gasteiger partial charge in [-0.3, -0.25) is 0 Å². The van der Waals surface area contributed by atoms with Gasteiger partial charge in [-0.05, 0) is 36.3 Å². The predicted molar refractivity (Wildman–Crippen MR) is 125 cm³/mol. The molecule has 0 amide bonds. The van der Waals surface area contributed by atoms with Gasteiger partial charge in [0, 0.05) is 37.2 Å². The van der Waals surface area contributed by atoms with E-state index < -0.39 is 10.0 Å². The summed E-state index contributed by atoms with van der Waals surface area (Å²) in [5, 5.41) is 4.09. The lowest BCUT2D eigenvalue weighted by atomic mass is 10.1. The third-order valence-corrected chi connectivity index (χ3v) is 8.30. The second-order valence-corrected chi connectivity index (χ2v) is 10.5. The number of nitrogens with zero attached hydrogens (tertiary/aromatic N) is 2. The first-order chi connectivity index (χ1) is 13.8. The number of thiocarbonyl (C=S) groups is 1. The monoisotopic (exact) mass is 535 g/mol. The molecule has 0 aliphatic carbocycles. The minimum absolute atomic E-state index is 0.0546. The molecule has 2 aromatic carbocycles. The topological polar surface area (TPSA) is 52.7 Å². The van der Waals surface area contributed by atoms with E-state index in [2.05, 4.69) is 33.4 Å². The van der Waals surface area contributed by atoms with Crippen LogP contribution >= 0.6 is 51.3 Å². The summed E-state index contributed by atoms with van der Waals surface area (Å²) in [6.07, 6.45) is 0.871. The zero-order valence-electron chi connectivity index (χ0n) is 15.4. The van der Waals surface area contributed by atoms with Gasteiger partial charge in [0.1, 0.15) is 4.90 Å². The van der Waals surface area contributed by atoms with E-state index in [1.54, 1.807) is 0 Å². The third kappa shape index (κ3) is 5.62. The van der Waals surface area contributed by atoms with Crippen LogP contribution in [0.25, 0.3) is 0 Å². The van der Waals surface area contributed by atoms with Gasteiger partial charge in [0.15, 0.2) is 5.11 Å². The standard InChI is InChI=1S/C19H20BrCl2N3O2S2/c20-15-12-16(21)18(17(22)13-15)29(26,27)25-10-8-24(9-11-25)19(28)23-7-6-14-4-2-1-3-5-14/h1-5,12-13H,6-11H2,(H,23,28). The highest BCUT2D eigenvalue weighted by atomic mass is 79.9. The zero-order chi connectivity index (χ0) is 21.0. The molecule has 3 rings (SSSR count). The Morgan fingerprint density at radius 3 is 2.24 bits per heavy atom. The zero-order valence-corrected chi connectivity index (χ0v) is 20.2. The van der Waals surface area contributed by atoms with Gasteiger partial charge in [0.25, 0.3) is 0 Å². The summed E-state index contributed by atoms with van der Waals surface area (Å²) < 4.78 is 28.1. The van der Waals surface area contributed by atoms with Crippen molar-refractivity contribution in [2.45, 2.75) is 11.3 Å². The summed E-state index contributed by atoms with van der Waals surface area (Å²) in [4.78, 5) is 1.93. The summed E-state index contributed by atoms with van der Waals surface area (Å²) in [5.74, 6) is 0. The molecule has 5 nitrogen and oxygen atoms in total. The van der Waals surface area contributed by atoms with Crippen LogP contribution in [-0.2, 0) is 16.4 Å². The Morgan fingerprint density at radius 2 is 1.66 bits per heavy atom. The summed E-state index contributed by atoms with van der Waals surface area (Å²) in [6, 6.07) is 13.2. The Morgan fingerprint density at radius 1 is 1.07 bits per heavy atom. The maximum absolute atomic E-state index is 13.0. The van der Waals surface area contributed by atoms with Crippen molar-refractivity contribution < 1.29 is 8.42 Å². The van der Waals surface area contributed by atoms with Crippen LogP contribution in [0.2, 0.25) is 10.0 Å².